The molecule has 0 spiro atoms. The summed E-state index contributed by atoms with van der Waals surface area (Å²) in [5, 5.41) is 0. The topological polar surface area (TPSA) is 9.23 Å². The van der Waals surface area contributed by atoms with Gasteiger partial charge in [0.25, 0.3) is 0 Å². The van der Waals surface area contributed by atoms with Gasteiger partial charge in [0.15, 0.2) is 0 Å². The van der Waals surface area contributed by atoms with Crippen LogP contribution >= 0.6 is 0 Å². The molecule has 0 saturated heterocycles. The molecule has 1 unspecified atom stereocenters. The first-order chi connectivity index (χ1) is 6.24. The van der Waals surface area contributed by atoms with Crippen LogP contribution in [0, 0.1) is 0 Å². The van der Waals surface area contributed by atoms with E-state index in [-0.39, 0.29) is 6.10 Å². The van der Waals surface area contributed by atoms with Crippen molar-refractivity contribution in [3.63, 3.8) is 0 Å². The van der Waals surface area contributed by atoms with Gasteiger partial charge in [-0.25, -0.2) is 0 Å². The zero-order chi connectivity index (χ0) is 9.68. The SMILES string of the molecule is C=C(Cc1ccccc1)C(C)O[SiH3]. The molecule has 1 aromatic carbocycles. The van der Waals surface area contributed by atoms with E-state index in [1.807, 2.05) is 6.07 Å². The second kappa shape index (κ2) is 4.99. The fourth-order valence-electron chi connectivity index (χ4n) is 1.17. The van der Waals surface area contributed by atoms with Crippen molar-refractivity contribution in [2.75, 3.05) is 0 Å². The number of hydrogen-bond acceptors (Lipinski definition) is 1. The lowest BCUT2D eigenvalue weighted by Gasteiger charge is -2.13. The monoisotopic (exact) mass is 192 g/mol. The minimum atomic E-state index is 0.201. The van der Waals surface area contributed by atoms with Crippen molar-refractivity contribution in [2.24, 2.45) is 0 Å². The fourth-order valence-corrected chi connectivity index (χ4v) is 1.50. The van der Waals surface area contributed by atoms with Crippen molar-refractivity contribution in [2.45, 2.75) is 19.4 Å². The van der Waals surface area contributed by atoms with E-state index >= 15 is 0 Å². The molecule has 0 N–H and O–H groups in total. The van der Waals surface area contributed by atoms with Gasteiger partial charge < -0.3 is 4.43 Å². The van der Waals surface area contributed by atoms with E-state index in [2.05, 4.69) is 37.8 Å². The molecule has 0 amide bonds. The summed E-state index contributed by atoms with van der Waals surface area (Å²) >= 11 is 0. The molecule has 0 bridgehead atoms. The molecule has 2 heteroatoms. The molecule has 1 aromatic rings. The second-order valence-electron chi connectivity index (χ2n) is 3.20. The highest BCUT2D eigenvalue weighted by molar-refractivity contribution is 5.98. The normalized spacial score (nSPS) is 12.7. The van der Waals surface area contributed by atoms with Crippen LogP contribution in [0.2, 0.25) is 0 Å². The highest BCUT2D eigenvalue weighted by Gasteiger charge is 2.04. The van der Waals surface area contributed by atoms with Crippen molar-refractivity contribution in [3.05, 3.63) is 48.0 Å². The lowest BCUT2D eigenvalue weighted by Crippen LogP contribution is -2.10. The maximum Gasteiger partial charge on any atom is 0.146 e. The van der Waals surface area contributed by atoms with Crippen LogP contribution in [0.5, 0.6) is 0 Å². The molecule has 0 fully saturated rings. The molecular formula is C11H16OSi. The Hall–Kier alpha value is -0.863. The number of benzene rings is 1. The van der Waals surface area contributed by atoms with Crippen molar-refractivity contribution in [1.29, 1.82) is 0 Å². The number of hydrogen-bond donors (Lipinski definition) is 0. The Balaban J connectivity index is 2.55. The van der Waals surface area contributed by atoms with Gasteiger partial charge in [-0.1, -0.05) is 36.9 Å². The molecule has 1 nitrogen and oxygen atoms in total. The van der Waals surface area contributed by atoms with Gasteiger partial charge in [-0.15, -0.1) is 0 Å². The average molecular weight is 192 g/mol. The highest BCUT2D eigenvalue weighted by Crippen LogP contribution is 2.10. The summed E-state index contributed by atoms with van der Waals surface area (Å²) in [5.41, 5.74) is 2.46. The molecule has 1 rings (SSSR count). The van der Waals surface area contributed by atoms with Gasteiger partial charge in [0, 0.05) is 0 Å². The minimum absolute atomic E-state index is 0.201. The van der Waals surface area contributed by atoms with E-state index in [1.54, 1.807) is 0 Å². The van der Waals surface area contributed by atoms with Crippen LogP contribution in [0.1, 0.15) is 12.5 Å². The number of rotatable bonds is 4. The van der Waals surface area contributed by atoms with Crippen LogP contribution in [0.3, 0.4) is 0 Å². The molecule has 0 saturated carbocycles. The Bertz CT molecular complexity index is 269. The Morgan fingerprint density at radius 2 is 2.08 bits per heavy atom. The van der Waals surface area contributed by atoms with Gasteiger partial charge in [-0.2, -0.15) is 0 Å². The molecule has 0 aliphatic heterocycles. The Labute approximate surface area is 83.0 Å². The summed E-state index contributed by atoms with van der Waals surface area (Å²) in [5.74, 6) is 0. The average Bonchev–Trinajstić information content (AvgIpc) is 2.18. The summed E-state index contributed by atoms with van der Waals surface area (Å²) in [6.07, 6.45) is 1.12. The first kappa shape index (κ1) is 10.2. The lowest BCUT2D eigenvalue weighted by atomic mass is 10.0. The van der Waals surface area contributed by atoms with Gasteiger partial charge in [-0.3, -0.25) is 0 Å². The Kier molecular flexibility index (Phi) is 3.93. The smallest absolute Gasteiger partial charge is 0.146 e. The van der Waals surface area contributed by atoms with Gasteiger partial charge in [0.05, 0.1) is 6.10 Å². The van der Waals surface area contributed by atoms with Crippen LogP contribution in [0.25, 0.3) is 0 Å². The molecule has 70 valence electrons. The van der Waals surface area contributed by atoms with E-state index in [4.69, 9.17) is 4.43 Å². The molecule has 13 heavy (non-hydrogen) atoms. The van der Waals surface area contributed by atoms with Gasteiger partial charge >= 0.3 is 0 Å². The van der Waals surface area contributed by atoms with Crippen molar-refractivity contribution in [1.82, 2.24) is 0 Å². The fraction of sp³-hybridized carbons (Fsp3) is 0.273. The molecular weight excluding hydrogens is 176 g/mol. The van der Waals surface area contributed by atoms with Crippen LogP contribution in [-0.4, -0.2) is 16.6 Å². The third kappa shape index (κ3) is 3.17. The van der Waals surface area contributed by atoms with E-state index in [9.17, 15) is 0 Å². The molecule has 0 aromatic heterocycles. The molecule has 0 aliphatic carbocycles. The minimum Gasteiger partial charge on any atom is -0.422 e. The first-order valence-corrected chi connectivity index (χ1v) is 5.30. The van der Waals surface area contributed by atoms with E-state index in [0.717, 1.165) is 22.5 Å². The standard InChI is InChI=1S/C11H16OSi/c1-9(10(2)12-13)8-11-6-4-3-5-7-11/h3-7,10H,1,8H2,2,13H3. The van der Waals surface area contributed by atoms with Crippen LogP contribution in [0.15, 0.2) is 42.5 Å². The van der Waals surface area contributed by atoms with Crippen LogP contribution in [0.4, 0.5) is 0 Å². The Morgan fingerprint density at radius 3 is 2.62 bits per heavy atom. The Morgan fingerprint density at radius 1 is 1.46 bits per heavy atom. The van der Waals surface area contributed by atoms with E-state index in [1.165, 1.54) is 5.56 Å². The first-order valence-electron chi connectivity index (χ1n) is 4.48. The maximum atomic E-state index is 5.32. The van der Waals surface area contributed by atoms with Crippen molar-refractivity contribution in [3.8, 4) is 0 Å². The van der Waals surface area contributed by atoms with Gasteiger partial charge in [-0.05, 0) is 24.5 Å². The van der Waals surface area contributed by atoms with Crippen LogP contribution in [-0.2, 0) is 10.8 Å². The van der Waals surface area contributed by atoms with Crippen LogP contribution < -0.4 is 0 Å². The molecule has 0 heterocycles. The summed E-state index contributed by atoms with van der Waals surface area (Å²) in [6, 6.07) is 10.4. The predicted molar refractivity (Wildman–Crippen MR) is 59.8 cm³/mol. The van der Waals surface area contributed by atoms with Crippen molar-refractivity contribution < 1.29 is 4.43 Å². The van der Waals surface area contributed by atoms with E-state index in [0.29, 0.717) is 0 Å². The summed E-state index contributed by atoms with van der Waals surface area (Å²) in [6.45, 7) is 6.07. The van der Waals surface area contributed by atoms with Crippen molar-refractivity contribution >= 4 is 10.5 Å². The third-order valence-corrected chi connectivity index (χ3v) is 2.91. The lowest BCUT2D eigenvalue weighted by molar-refractivity contribution is 0.281. The largest absolute Gasteiger partial charge is 0.422 e. The third-order valence-electron chi connectivity index (χ3n) is 2.20. The molecule has 1 atom stereocenters. The highest BCUT2D eigenvalue weighted by atomic mass is 28.2. The predicted octanol–water partition coefficient (Wildman–Crippen LogP) is 1.47. The molecule has 0 radical (unpaired) electrons. The zero-order valence-electron chi connectivity index (χ0n) is 8.29. The molecule has 0 aliphatic rings. The summed E-state index contributed by atoms with van der Waals surface area (Å²) < 4.78 is 5.32. The zero-order valence-corrected chi connectivity index (χ0v) is 10.3. The summed E-state index contributed by atoms with van der Waals surface area (Å²) in [4.78, 5) is 0. The van der Waals surface area contributed by atoms with E-state index < -0.39 is 0 Å². The maximum absolute atomic E-state index is 5.32. The van der Waals surface area contributed by atoms with Gasteiger partial charge in [0.1, 0.15) is 10.5 Å². The quantitative estimate of drug-likeness (QED) is 0.518. The summed E-state index contributed by atoms with van der Waals surface area (Å²) in [7, 11) is 0.777. The second-order valence-corrected chi connectivity index (χ2v) is 3.67. The van der Waals surface area contributed by atoms with Gasteiger partial charge in [0.2, 0.25) is 0 Å².